The third-order valence-electron chi connectivity index (χ3n) is 7.09. The van der Waals surface area contributed by atoms with E-state index in [0.29, 0.717) is 55.5 Å². The monoisotopic (exact) mass is 506 g/mol. The highest BCUT2D eigenvalue weighted by Crippen LogP contribution is 2.54. The van der Waals surface area contributed by atoms with Crippen LogP contribution in [-0.4, -0.2) is 67.6 Å². The van der Waals surface area contributed by atoms with Crippen molar-refractivity contribution in [3.8, 4) is 11.5 Å². The summed E-state index contributed by atoms with van der Waals surface area (Å²) in [6.45, 7) is 3.67. The summed E-state index contributed by atoms with van der Waals surface area (Å²) in [5.74, 6) is -1.63. The summed E-state index contributed by atoms with van der Waals surface area (Å²) in [4.78, 5) is 44.4. The van der Waals surface area contributed by atoms with Crippen LogP contribution >= 0.6 is 0 Å². The Balaban J connectivity index is 1.74. The molecule has 2 aromatic rings. The summed E-state index contributed by atoms with van der Waals surface area (Å²) in [6.07, 6.45) is 2.02. The van der Waals surface area contributed by atoms with Gasteiger partial charge in [0.15, 0.2) is 17.0 Å². The zero-order valence-corrected chi connectivity index (χ0v) is 21.0. The van der Waals surface area contributed by atoms with E-state index in [9.17, 15) is 19.5 Å². The Kier molecular flexibility index (Phi) is 6.64. The van der Waals surface area contributed by atoms with Crippen molar-refractivity contribution in [2.75, 3.05) is 44.9 Å². The second-order valence-corrected chi connectivity index (χ2v) is 9.25. The van der Waals surface area contributed by atoms with Crippen molar-refractivity contribution < 1.29 is 33.7 Å². The molecule has 1 saturated heterocycles. The van der Waals surface area contributed by atoms with E-state index in [1.807, 2.05) is 19.1 Å². The first kappa shape index (κ1) is 24.8. The van der Waals surface area contributed by atoms with E-state index in [2.05, 4.69) is 0 Å². The molecule has 3 aliphatic rings. The fraction of sp³-hybridized carbons (Fsp3) is 0.393. The Hall–Kier alpha value is -3.85. The molecule has 1 unspecified atom stereocenters. The SMILES string of the molecule is CCCCN1C(=O)C2(/C(=C(\O)c3ccc4c(c3)OCCO4)C(=O)C(=O)N2CCCOC)c2ccccc21. The minimum atomic E-state index is -1.77. The number of likely N-dealkylation sites (tertiary alicyclic amines) is 1. The van der Waals surface area contributed by atoms with Crippen molar-refractivity contribution in [2.45, 2.75) is 31.7 Å². The number of carbonyl (C=O) groups is 3. The van der Waals surface area contributed by atoms with Gasteiger partial charge in [0.1, 0.15) is 19.0 Å². The minimum absolute atomic E-state index is 0.109. The van der Waals surface area contributed by atoms with Crippen molar-refractivity contribution in [3.05, 3.63) is 59.2 Å². The number of Topliss-reactive ketones (excluding diaryl/α,β-unsaturated/α-hetero) is 1. The molecule has 1 spiro atoms. The molecule has 194 valence electrons. The van der Waals surface area contributed by atoms with Gasteiger partial charge in [0.2, 0.25) is 0 Å². The van der Waals surface area contributed by atoms with E-state index >= 15 is 0 Å². The molecule has 0 bridgehead atoms. The van der Waals surface area contributed by atoms with Crippen LogP contribution in [0.25, 0.3) is 5.76 Å². The van der Waals surface area contributed by atoms with Crippen LogP contribution in [0.15, 0.2) is 48.0 Å². The van der Waals surface area contributed by atoms with Gasteiger partial charge in [0, 0.05) is 37.9 Å². The lowest BCUT2D eigenvalue weighted by molar-refractivity contribution is -0.143. The quantitative estimate of drug-likeness (QED) is 0.254. The summed E-state index contributed by atoms with van der Waals surface area (Å²) >= 11 is 0. The molecule has 9 heteroatoms. The molecule has 0 aliphatic carbocycles. The Morgan fingerprint density at radius 2 is 1.78 bits per heavy atom. The first-order chi connectivity index (χ1) is 18.0. The number of anilines is 1. The predicted octanol–water partition coefficient (Wildman–Crippen LogP) is 3.22. The Bertz CT molecular complexity index is 1290. The van der Waals surface area contributed by atoms with Crippen LogP contribution in [0.3, 0.4) is 0 Å². The molecule has 1 atom stereocenters. The molecule has 0 saturated carbocycles. The van der Waals surface area contributed by atoms with Crippen LogP contribution in [0.1, 0.15) is 37.3 Å². The number of ether oxygens (including phenoxy) is 3. The van der Waals surface area contributed by atoms with Gasteiger partial charge in [-0.15, -0.1) is 0 Å². The molecule has 3 heterocycles. The maximum absolute atomic E-state index is 14.4. The normalized spacial score (nSPS) is 21.7. The van der Waals surface area contributed by atoms with Crippen molar-refractivity contribution in [2.24, 2.45) is 0 Å². The van der Waals surface area contributed by atoms with Gasteiger partial charge in [-0.1, -0.05) is 31.5 Å². The molecule has 5 rings (SSSR count). The summed E-state index contributed by atoms with van der Waals surface area (Å²) in [6, 6.07) is 12.0. The number of ketones is 1. The molecular weight excluding hydrogens is 476 g/mol. The number of fused-ring (bicyclic) bond motifs is 3. The van der Waals surface area contributed by atoms with Gasteiger partial charge >= 0.3 is 0 Å². The molecule has 3 aliphatic heterocycles. The summed E-state index contributed by atoms with van der Waals surface area (Å²) in [5.41, 5.74) is -0.609. The van der Waals surface area contributed by atoms with Crippen LogP contribution in [0.4, 0.5) is 5.69 Å². The van der Waals surface area contributed by atoms with E-state index in [4.69, 9.17) is 14.2 Å². The zero-order valence-electron chi connectivity index (χ0n) is 21.0. The van der Waals surface area contributed by atoms with Crippen LogP contribution in [0, 0.1) is 0 Å². The summed E-state index contributed by atoms with van der Waals surface area (Å²) in [7, 11) is 1.55. The van der Waals surface area contributed by atoms with Gasteiger partial charge in [0.05, 0.1) is 11.3 Å². The lowest BCUT2D eigenvalue weighted by atomic mass is 9.81. The smallest absolute Gasteiger partial charge is 0.296 e. The number of hydrogen-bond donors (Lipinski definition) is 1. The lowest BCUT2D eigenvalue weighted by Gasteiger charge is -2.34. The van der Waals surface area contributed by atoms with Crippen LogP contribution in [0.2, 0.25) is 0 Å². The largest absolute Gasteiger partial charge is 0.507 e. The van der Waals surface area contributed by atoms with Crippen LogP contribution in [-0.2, 0) is 24.7 Å². The molecule has 1 N–H and O–H groups in total. The maximum atomic E-state index is 14.4. The van der Waals surface area contributed by atoms with E-state index in [0.717, 1.165) is 12.8 Å². The standard InChI is InChI=1S/C28H30N2O7/c1-3-4-12-29-20-9-6-5-8-19(20)28(27(29)34)23(25(32)26(33)30(28)13-7-14-35-2)24(31)18-10-11-21-22(17-18)37-16-15-36-21/h5-6,8-11,17,31H,3-4,7,12-16H2,1-2H3/b24-23-. The van der Waals surface area contributed by atoms with Gasteiger partial charge < -0.3 is 29.1 Å². The molecule has 2 aromatic carbocycles. The van der Waals surface area contributed by atoms with E-state index in [1.54, 1.807) is 42.3 Å². The summed E-state index contributed by atoms with van der Waals surface area (Å²) in [5, 5.41) is 11.6. The first-order valence-corrected chi connectivity index (χ1v) is 12.6. The molecule has 1 fully saturated rings. The lowest BCUT2D eigenvalue weighted by Crippen LogP contribution is -2.52. The number of para-hydroxylation sites is 1. The van der Waals surface area contributed by atoms with Crippen molar-refractivity contribution in [3.63, 3.8) is 0 Å². The van der Waals surface area contributed by atoms with Gasteiger partial charge in [0.25, 0.3) is 17.6 Å². The third-order valence-corrected chi connectivity index (χ3v) is 7.09. The van der Waals surface area contributed by atoms with Crippen LogP contribution in [0.5, 0.6) is 11.5 Å². The van der Waals surface area contributed by atoms with Crippen molar-refractivity contribution >= 4 is 29.0 Å². The van der Waals surface area contributed by atoms with Gasteiger partial charge in [-0.05, 0) is 37.1 Å². The maximum Gasteiger partial charge on any atom is 0.296 e. The van der Waals surface area contributed by atoms with Gasteiger partial charge in [-0.2, -0.15) is 0 Å². The minimum Gasteiger partial charge on any atom is -0.507 e. The molecule has 0 aromatic heterocycles. The molecule has 0 radical (unpaired) electrons. The van der Waals surface area contributed by atoms with Gasteiger partial charge in [-0.3, -0.25) is 14.4 Å². The average Bonchev–Trinajstić information content (AvgIpc) is 3.30. The molecular formula is C28H30N2O7. The summed E-state index contributed by atoms with van der Waals surface area (Å²) < 4.78 is 16.4. The Labute approximate surface area is 215 Å². The number of nitrogens with zero attached hydrogens (tertiary/aromatic N) is 2. The number of carbonyl (C=O) groups excluding carboxylic acids is 3. The zero-order chi connectivity index (χ0) is 26.2. The fourth-order valence-corrected chi connectivity index (χ4v) is 5.41. The number of methoxy groups -OCH3 is 1. The van der Waals surface area contributed by atoms with E-state index < -0.39 is 28.9 Å². The van der Waals surface area contributed by atoms with Crippen molar-refractivity contribution in [1.82, 2.24) is 4.90 Å². The molecule has 2 amide bonds. The van der Waals surface area contributed by atoms with Crippen molar-refractivity contribution in [1.29, 1.82) is 0 Å². The third kappa shape index (κ3) is 3.76. The number of unbranched alkanes of at least 4 members (excludes halogenated alkanes) is 1. The van der Waals surface area contributed by atoms with Gasteiger partial charge in [-0.25, -0.2) is 0 Å². The number of aliphatic hydroxyl groups is 1. The Morgan fingerprint density at radius 3 is 2.54 bits per heavy atom. The van der Waals surface area contributed by atoms with Crippen LogP contribution < -0.4 is 14.4 Å². The number of amides is 2. The average molecular weight is 507 g/mol. The number of benzene rings is 2. The Morgan fingerprint density at radius 1 is 1.03 bits per heavy atom. The highest BCUT2D eigenvalue weighted by Gasteiger charge is 2.66. The number of aliphatic hydroxyl groups excluding tert-OH is 1. The molecule has 9 nitrogen and oxygen atoms in total. The molecule has 37 heavy (non-hydrogen) atoms. The topological polar surface area (TPSA) is 106 Å². The second-order valence-electron chi connectivity index (χ2n) is 9.25. The van der Waals surface area contributed by atoms with E-state index in [-0.39, 0.29) is 17.7 Å². The second kappa shape index (κ2) is 9.89. The number of rotatable bonds is 8. The number of hydrogen-bond acceptors (Lipinski definition) is 7. The fourth-order valence-electron chi connectivity index (χ4n) is 5.41. The first-order valence-electron chi connectivity index (χ1n) is 12.6. The van der Waals surface area contributed by atoms with E-state index in [1.165, 1.54) is 4.90 Å². The predicted molar refractivity (Wildman–Crippen MR) is 136 cm³/mol. The highest BCUT2D eigenvalue weighted by atomic mass is 16.6. The highest BCUT2D eigenvalue weighted by molar-refractivity contribution is 6.50.